The molecule has 0 aliphatic heterocycles. The third-order valence-corrected chi connectivity index (χ3v) is 3.20. The molecule has 1 heterocycles. The Morgan fingerprint density at radius 3 is 2.22 bits per heavy atom. The molecular formula is C10H6BrClF3N3. The Labute approximate surface area is 114 Å². The van der Waals surface area contributed by atoms with Gasteiger partial charge in [-0.2, -0.15) is 18.0 Å². The van der Waals surface area contributed by atoms with Gasteiger partial charge in [0, 0.05) is 0 Å². The van der Waals surface area contributed by atoms with Crippen molar-refractivity contribution in [2.45, 2.75) is 12.7 Å². The molecule has 2 aromatic rings. The molecular weight excluding hydrogens is 334 g/mol. The van der Waals surface area contributed by atoms with E-state index in [0.29, 0.717) is 10.2 Å². The zero-order valence-electron chi connectivity index (χ0n) is 8.75. The predicted octanol–water partition coefficient (Wildman–Crippen LogP) is 3.76. The lowest BCUT2D eigenvalue weighted by molar-refractivity contribution is -0.137. The van der Waals surface area contributed by atoms with Crippen LogP contribution in [-0.2, 0) is 12.7 Å². The van der Waals surface area contributed by atoms with Gasteiger partial charge in [-0.1, -0.05) is 23.7 Å². The summed E-state index contributed by atoms with van der Waals surface area (Å²) in [7, 11) is 0. The predicted molar refractivity (Wildman–Crippen MR) is 63.3 cm³/mol. The maximum Gasteiger partial charge on any atom is 0.416 e. The molecule has 0 atom stereocenters. The molecule has 0 aliphatic rings. The summed E-state index contributed by atoms with van der Waals surface area (Å²) in [5.74, 6) is 0. The number of hydrogen-bond donors (Lipinski definition) is 0. The number of aromatic nitrogens is 3. The van der Waals surface area contributed by atoms with Crippen molar-refractivity contribution in [3.05, 3.63) is 45.1 Å². The van der Waals surface area contributed by atoms with Gasteiger partial charge in [0.2, 0.25) is 0 Å². The van der Waals surface area contributed by atoms with Gasteiger partial charge in [-0.15, -0.1) is 10.2 Å². The molecule has 3 nitrogen and oxygen atoms in total. The molecule has 0 fully saturated rings. The molecule has 1 aromatic carbocycles. The molecule has 0 bridgehead atoms. The average Bonchev–Trinajstić information content (AvgIpc) is 2.57. The highest BCUT2D eigenvalue weighted by Crippen LogP contribution is 2.29. The van der Waals surface area contributed by atoms with Crippen LogP contribution >= 0.6 is 27.5 Å². The summed E-state index contributed by atoms with van der Waals surface area (Å²) >= 11 is 8.78. The fraction of sp³-hybridized carbons (Fsp3) is 0.200. The van der Waals surface area contributed by atoms with Gasteiger partial charge in [0.15, 0.2) is 9.76 Å². The molecule has 0 saturated carbocycles. The van der Waals surface area contributed by atoms with Crippen LogP contribution in [0.1, 0.15) is 11.1 Å². The van der Waals surface area contributed by atoms with Gasteiger partial charge in [0.25, 0.3) is 0 Å². The van der Waals surface area contributed by atoms with E-state index in [2.05, 4.69) is 26.1 Å². The van der Waals surface area contributed by atoms with E-state index >= 15 is 0 Å². The van der Waals surface area contributed by atoms with E-state index in [9.17, 15) is 13.2 Å². The molecule has 0 aliphatic carbocycles. The Hall–Kier alpha value is -1.08. The third-order valence-electron chi connectivity index (χ3n) is 2.18. The van der Waals surface area contributed by atoms with Crippen LogP contribution in [0.2, 0.25) is 5.15 Å². The minimum absolute atomic E-state index is 0.210. The number of nitrogens with zero attached hydrogens (tertiary/aromatic N) is 3. The summed E-state index contributed by atoms with van der Waals surface area (Å²) in [5.41, 5.74) is -0.0268. The van der Waals surface area contributed by atoms with E-state index in [4.69, 9.17) is 11.6 Å². The van der Waals surface area contributed by atoms with Gasteiger partial charge >= 0.3 is 6.18 Å². The van der Waals surface area contributed by atoms with Crippen molar-refractivity contribution in [2.75, 3.05) is 0 Å². The molecule has 0 spiro atoms. The lowest BCUT2D eigenvalue weighted by Crippen LogP contribution is -2.06. The first kappa shape index (κ1) is 13.4. The van der Waals surface area contributed by atoms with Crippen LogP contribution in [0.25, 0.3) is 0 Å². The first-order chi connectivity index (χ1) is 8.36. The number of hydrogen-bond acceptors (Lipinski definition) is 2. The minimum atomic E-state index is -4.32. The lowest BCUT2D eigenvalue weighted by Gasteiger charge is -2.07. The Balaban J connectivity index is 2.16. The van der Waals surface area contributed by atoms with Gasteiger partial charge in [-0.25, -0.2) is 0 Å². The first-order valence-electron chi connectivity index (χ1n) is 4.78. The largest absolute Gasteiger partial charge is 0.416 e. The molecule has 0 saturated heterocycles. The van der Waals surface area contributed by atoms with E-state index in [-0.39, 0.29) is 11.7 Å². The summed E-state index contributed by atoms with van der Waals surface area (Å²) in [5, 5.41) is 8.03. The van der Waals surface area contributed by atoms with Crippen molar-refractivity contribution < 1.29 is 13.2 Å². The van der Waals surface area contributed by atoms with Gasteiger partial charge in [0.1, 0.15) is 0 Å². The van der Waals surface area contributed by atoms with Crippen LogP contribution in [-0.4, -0.2) is 15.0 Å². The minimum Gasteiger partial charge on any atom is -0.178 e. The fourth-order valence-corrected chi connectivity index (χ4v) is 1.73. The Morgan fingerprint density at radius 2 is 1.78 bits per heavy atom. The summed E-state index contributed by atoms with van der Waals surface area (Å²) in [6.07, 6.45) is -4.32. The standard InChI is InChI=1S/C10H6BrClF3N3/c11-8-9(12)17-18(16-8)5-6-1-3-7(4-2-6)10(13,14)15/h1-4H,5H2. The molecule has 0 amide bonds. The number of alkyl halides is 3. The SMILES string of the molecule is FC(F)(F)c1ccc(Cn2nc(Cl)c(Br)n2)cc1. The highest BCUT2D eigenvalue weighted by molar-refractivity contribution is 9.10. The molecule has 2 rings (SSSR count). The second kappa shape index (κ2) is 4.89. The molecule has 0 N–H and O–H groups in total. The number of halogens is 5. The van der Waals surface area contributed by atoms with E-state index < -0.39 is 11.7 Å². The Kier molecular flexibility index (Phi) is 3.63. The topological polar surface area (TPSA) is 30.7 Å². The normalized spacial score (nSPS) is 11.8. The monoisotopic (exact) mass is 339 g/mol. The van der Waals surface area contributed by atoms with Gasteiger partial charge < -0.3 is 0 Å². The summed E-state index contributed by atoms with van der Waals surface area (Å²) in [6.45, 7) is 0.253. The molecule has 18 heavy (non-hydrogen) atoms. The van der Waals surface area contributed by atoms with Gasteiger partial charge in [0.05, 0.1) is 12.1 Å². The zero-order chi connectivity index (χ0) is 13.3. The molecule has 0 radical (unpaired) electrons. The van der Waals surface area contributed by atoms with E-state index in [0.717, 1.165) is 12.1 Å². The fourth-order valence-electron chi connectivity index (χ4n) is 1.34. The van der Waals surface area contributed by atoms with Crippen LogP contribution in [0, 0.1) is 0 Å². The molecule has 96 valence electrons. The van der Waals surface area contributed by atoms with Crippen LogP contribution in [0.5, 0.6) is 0 Å². The van der Waals surface area contributed by atoms with Crippen LogP contribution in [0.3, 0.4) is 0 Å². The molecule has 0 unspecified atom stereocenters. The molecule has 8 heteroatoms. The van der Waals surface area contributed by atoms with Crippen LogP contribution < -0.4 is 0 Å². The number of rotatable bonds is 2. The first-order valence-corrected chi connectivity index (χ1v) is 5.95. The van der Waals surface area contributed by atoms with Crippen LogP contribution in [0.15, 0.2) is 28.9 Å². The third kappa shape index (κ3) is 3.02. The average molecular weight is 341 g/mol. The van der Waals surface area contributed by atoms with Crippen molar-refractivity contribution >= 4 is 27.5 Å². The summed E-state index contributed by atoms with van der Waals surface area (Å²) in [6, 6.07) is 4.81. The Morgan fingerprint density at radius 1 is 1.17 bits per heavy atom. The molecule has 1 aromatic heterocycles. The maximum absolute atomic E-state index is 12.3. The lowest BCUT2D eigenvalue weighted by atomic mass is 10.1. The number of benzene rings is 1. The zero-order valence-corrected chi connectivity index (χ0v) is 11.1. The van der Waals surface area contributed by atoms with E-state index in [1.54, 1.807) is 0 Å². The maximum atomic E-state index is 12.3. The van der Waals surface area contributed by atoms with Gasteiger partial charge in [-0.05, 0) is 33.6 Å². The van der Waals surface area contributed by atoms with E-state index in [1.807, 2.05) is 0 Å². The smallest absolute Gasteiger partial charge is 0.178 e. The summed E-state index contributed by atoms with van der Waals surface area (Å²) < 4.78 is 37.4. The second-order valence-electron chi connectivity index (χ2n) is 3.51. The van der Waals surface area contributed by atoms with Crippen LogP contribution in [0.4, 0.5) is 13.2 Å². The van der Waals surface area contributed by atoms with Crippen molar-refractivity contribution in [3.8, 4) is 0 Å². The van der Waals surface area contributed by atoms with Crippen molar-refractivity contribution in [1.82, 2.24) is 15.0 Å². The Bertz CT molecular complexity index is 531. The van der Waals surface area contributed by atoms with E-state index in [1.165, 1.54) is 16.9 Å². The van der Waals surface area contributed by atoms with Crippen molar-refractivity contribution in [2.24, 2.45) is 0 Å². The second-order valence-corrected chi connectivity index (χ2v) is 4.62. The van der Waals surface area contributed by atoms with Crippen molar-refractivity contribution in [3.63, 3.8) is 0 Å². The van der Waals surface area contributed by atoms with Gasteiger partial charge in [-0.3, -0.25) is 0 Å². The highest BCUT2D eigenvalue weighted by Gasteiger charge is 2.29. The quantitative estimate of drug-likeness (QED) is 0.833. The highest BCUT2D eigenvalue weighted by atomic mass is 79.9. The van der Waals surface area contributed by atoms with Crippen molar-refractivity contribution in [1.29, 1.82) is 0 Å². The summed E-state index contributed by atoms with van der Waals surface area (Å²) in [4.78, 5) is 1.30.